The first-order chi connectivity index (χ1) is 12.6. The third-order valence-corrected chi connectivity index (χ3v) is 7.52. The van der Waals surface area contributed by atoms with E-state index in [1.165, 1.54) is 44.6 Å². The molecule has 1 aliphatic heterocycles. The van der Waals surface area contributed by atoms with Crippen LogP contribution in [-0.4, -0.2) is 37.0 Å². The van der Waals surface area contributed by atoms with Gasteiger partial charge in [-0.2, -0.15) is 0 Å². The van der Waals surface area contributed by atoms with Gasteiger partial charge in [0.15, 0.2) is 0 Å². The Bertz CT molecular complexity index is 660. The van der Waals surface area contributed by atoms with Gasteiger partial charge in [0.05, 0.1) is 5.69 Å². The maximum absolute atomic E-state index is 14.0. The number of rotatable bonds is 3. The molecular formula is C22H29FN2O. The molecule has 6 rings (SSSR count). The molecule has 4 saturated carbocycles. The van der Waals surface area contributed by atoms with E-state index in [-0.39, 0.29) is 5.82 Å². The summed E-state index contributed by atoms with van der Waals surface area (Å²) < 4.78 is 14.0. The summed E-state index contributed by atoms with van der Waals surface area (Å²) in [5, 5.41) is 0. The van der Waals surface area contributed by atoms with Crippen LogP contribution in [0.1, 0.15) is 44.9 Å². The van der Waals surface area contributed by atoms with Crippen molar-refractivity contribution in [2.75, 3.05) is 31.1 Å². The van der Waals surface area contributed by atoms with Crippen molar-refractivity contribution in [1.82, 2.24) is 4.90 Å². The lowest BCUT2D eigenvalue weighted by molar-refractivity contribution is -0.139. The molecule has 1 aromatic carbocycles. The van der Waals surface area contributed by atoms with Crippen LogP contribution in [-0.2, 0) is 4.79 Å². The minimum Gasteiger partial charge on any atom is -0.366 e. The number of piperazine rings is 1. The Morgan fingerprint density at radius 2 is 1.54 bits per heavy atom. The molecule has 1 saturated heterocycles. The molecule has 1 aromatic rings. The molecule has 1 amide bonds. The largest absolute Gasteiger partial charge is 0.366 e. The van der Waals surface area contributed by atoms with E-state index in [1.807, 2.05) is 17.0 Å². The second kappa shape index (κ2) is 6.24. The van der Waals surface area contributed by atoms with Crippen LogP contribution in [0.25, 0.3) is 0 Å². The van der Waals surface area contributed by atoms with Gasteiger partial charge in [-0.05, 0) is 73.8 Å². The standard InChI is InChI=1S/C22H29FN2O/c23-19-3-1-2-4-20(19)24-5-7-25(8-6-24)21(26)15-22-12-16-9-17(13-22)11-18(10-16)14-22/h1-4,16-18H,5-15H2. The topological polar surface area (TPSA) is 23.6 Å². The average Bonchev–Trinajstić information content (AvgIpc) is 2.61. The Balaban J connectivity index is 1.21. The summed E-state index contributed by atoms with van der Waals surface area (Å²) >= 11 is 0. The smallest absolute Gasteiger partial charge is 0.223 e. The number of anilines is 1. The summed E-state index contributed by atoms with van der Waals surface area (Å²) in [5.74, 6) is 2.87. The fourth-order valence-electron chi connectivity index (χ4n) is 6.84. The van der Waals surface area contributed by atoms with Crippen molar-refractivity contribution >= 4 is 11.6 Å². The van der Waals surface area contributed by atoms with Crippen LogP contribution in [0.15, 0.2) is 24.3 Å². The summed E-state index contributed by atoms with van der Waals surface area (Å²) in [6, 6.07) is 6.95. The molecular weight excluding hydrogens is 327 g/mol. The van der Waals surface area contributed by atoms with Crippen molar-refractivity contribution in [2.45, 2.75) is 44.9 Å². The van der Waals surface area contributed by atoms with Crippen molar-refractivity contribution in [3.8, 4) is 0 Å². The lowest BCUT2D eigenvalue weighted by atomic mass is 9.49. The molecule has 140 valence electrons. The summed E-state index contributed by atoms with van der Waals surface area (Å²) in [6.45, 7) is 2.90. The Labute approximate surface area is 155 Å². The zero-order chi connectivity index (χ0) is 17.7. The number of carbonyl (C=O) groups is 1. The van der Waals surface area contributed by atoms with Gasteiger partial charge < -0.3 is 9.80 Å². The van der Waals surface area contributed by atoms with Gasteiger partial charge in [0.25, 0.3) is 0 Å². The molecule has 4 aliphatic carbocycles. The maximum Gasteiger partial charge on any atom is 0.223 e. The number of hydrogen-bond acceptors (Lipinski definition) is 2. The maximum atomic E-state index is 14.0. The first-order valence-corrected chi connectivity index (χ1v) is 10.4. The zero-order valence-corrected chi connectivity index (χ0v) is 15.5. The number of nitrogens with zero attached hydrogens (tertiary/aromatic N) is 2. The van der Waals surface area contributed by atoms with E-state index >= 15 is 0 Å². The highest BCUT2D eigenvalue weighted by atomic mass is 19.1. The first kappa shape index (κ1) is 16.6. The SMILES string of the molecule is O=C(CC12CC3CC(CC(C3)C1)C2)N1CCN(c2ccccc2F)CC1. The van der Waals surface area contributed by atoms with Gasteiger partial charge in [-0.25, -0.2) is 4.39 Å². The Kier molecular flexibility index (Phi) is 3.98. The Morgan fingerprint density at radius 1 is 0.962 bits per heavy atom. The summed E-state index contributed by atoms with van der Waals surface area (Å²) in [7, 11) is 0. The van der Waals surface area contributed by atoms with Crippen molar-refractivity contribution in [3.05, 3.63) is 30.1 Å². The molecule has 0 spiro atoms. The predicted molar refractivity (Wildman–Crippen MR) is 100 cm³/mol. The highest BCUT2D eigenvalue weighted by Gasteiger charge is 2.51. The van der Waals surface area contributed by atoms with E-state index in [1.54, 1.807) is 6.07 Å². The van der Waals surface area contributed by atoms with Crippen LogP contribution in [0, 0.1) is 29.0 Å². The molecule has 0 unspecified atom stereocenters. The van der Waals surface area contributed by atoms with Gasteiger partial charge in [0, 0.05) is 32.6 Å². The highest BCUT2D eigenvalue weighted by molar-refractivity contribution is 5.77. The van der Waals surface area contributed by atoms with Crippen molar-refractivity contribution in [3.63, 3.8) is 0 Å². The van der Waals surface area contributed by atoms with Crippen molar-refractivity contribution in [2.24, 2.45) is 23.2 Å². The van der Waals surface area contributed by atoms with Gasteiger partial charge in [-0.3, -0.25) is 4.79 Å². The first-order valence-electron chi connectivity index (χ1n) is 10.4. The fraction of sp³-hybridized carbons (Fsp3) is 0.682. The summed E-state index contributed by atoms with van der Waals surface area (Å²) in [5.41, 5.74) is 0.981. The molecule has 1 heterocycles. The monoisotopic (exact) mass is 356 g/mol. The van der Waals surface area contributed by atoms with Gasteiger partial charge in [-0.15, -0.1) is 0 Å². The van der Waals surface area contributed by atoms with E-state index in [2.05, 4.69) is 4.90 Å². The predicted octanol–water partition coefficient (Wildman–Crippen LogP) is 4.08. The molecule has 3 nitrogen and oxygen atoms in total. The molecule has 0 atom stereocenters. The Morgan fingerprint density at radius 3 is 2.12 bits per heavy atom. The molecule has 26 heavy (non-hydrogen) atoms. The highest BCUT2D eigenvalue weighted by Crippen LogP contribution is 2.61. The van der Waals surface area contributed by atoms with Gasteiger partial charge in [0.1, 0.15) is 5.82 Å². The van der Waals surface area contributed by atoms with Gasteiger partial charge in [-0.1, -0.05) is 12.1 Å². The third-order valence-electron chi connectivity index (χ3n) is 7.52. The normalized spacial score (nSPS) is 35.8. The molecule has 4 bridgehead atoms. The fourth-order valence-corrected chi connectivity index (χ4v) is 6.84. The molecule has 0 aromatic heterocycles. The average molecular weight is 356 g/mol. The number of para-hydroxylation sites is 1. The number of amides is 1. The summed E-state index contributed by atoms with van der Waals surface area (Å²) in [4.78, 5) is 17.1. The van der Waals surface area contributed by atoms with E-state index in [0.717, 1.165) is 50.4 Å². The molecule has 5 fully saturated rings. The quantitative estimate of drug-likeness (QED) is 0.815. The van der Waals surface area contributed by atoms with Crippen LogP contribution in [0.3, 0.4) is 0 Å². The van der Waals surface area contributed by atoms with Crippen LogP contribution in [0.4, 0.5) is 10.1 Å². The van der Waals surface area contributed by atoms with Crippen molar-refractivity contribution in [1.29, 1.82) is 0 Å². The Hall–Kier alpha value is -1.58. The summed E-state index contributed by atoms with van der Waals surface area (Å²) in [6.07, 6.45) is 8.91. The van der Waals surface area contributed by atoms with Gasteiger partial charge in [0.2, 0.25) is 5.91 Å². The van der Waals surface area contributed by atoms with E-state index in [0.29, 0.717) is 17.0 Å². The van der Waals surface area contributed by atoms with Crippen LogP contribution in [0.2, 0.25) is 0 Å². The van der Waals surface area contributed by atoms with E-state index in [4.69, 9.17) is 0 Å². The second-order valence-electron chi connectivity index (χ2n) is 9.41. The lowest BCUT2D eigenvalue weighted by Gasteiger charge is -2.57. The van der Waals surface area contributed by atoms with Crippen LogP contribution < -0.4 is 4.90 Å². The number of carbonyl (C=O) groups excluding carboxylic acids is 1. The minimum absolute atomic E-state index is 0.166. The number of hydrogen-bond donors (Lipinski definition) is 0. The van der Waals surface area contributed by atoms with Gasteiger partial charge >= 0.3 is 0 Å². The van der Waals surface area contributed by atoms with E-state index < -0.39 is 0 Å². The third kappa shape index (κ3) is 2.91. The van der Waals surface area contributed by atoms with Crippen molar-refractivity contribution < 1.29 is 9.18 Å². The van der Waals surface area contributed by atoms with Crippen LogP contribution in [0.5, 0.6) is 0 Å². The molecule has 0 N–H and O–H groups in total. The second-order valence-corrected chi connectivity index (χ2v) is 9.41. The number of halogens is 1. The molecule has 4 heteroatoms. The molecule has 5 aliphatic rings. The number of benzene rings is 1. The lowest BCUT2D eigenvalue weighted by Crippen LogP contribution is -2.52. The zero-order valence-electron chi connectivity index (χ0n) is 15.5. The molecule has 0 radical (unpaired) electrons. The minimum atomic E-state index is -0.166. The van der Waals surface area contributed by atoms with Crippen LogP contribution >= 0.6 is 0 Å². The van der Waals surface area contributed by atoms with E-state index in [9.17, 15) is 9.18 Å².